The zero-order valence-electron chi connectivity index (χ0n) is 13.1. The van der Waals surface area contributed by atoms with Gasteiger partial charge in [0.2, 0.25) is 0 Å². The summed E-state index contributed by atoms with van der Waals surface area (Å²) >= 11 is 3.36. The summed E-state index contributed by atoms with van der Waals surface area (Å²) in [7, 11) is 0. The van der Waals surface area contributed by atoms with Crippen molar-refractivity contribution in [3.8, 4) is 11.5 Å². The van der Waals surface area contributed by atoms with Crippen LogP contribution in [0.2, 0.25) is 0 Å². The predicted octanol–water partition coefficient (Wildman–Crippen LogP) is 2.70. The fourth-order valence-corrected chi connectivity index (χ4v) is 2.96. The Morgan fingerprint density at radius 3 is 2.65 bits per heavy atom. The molecule has 1 aliphatic rings. The Hall–Kier alpha value is -1.76. The van der Waals surface area contributed by atoms with Crippen molar-refractivity contribution in [2.75, 3.05) is 19.8 Å². The van der Waals surface area contributed by atoms with E-state index >= 15 is 0 Å². The molecule has 1 heterocycles. The van der Waals surface area contributed by atoms with Crippen LogP contribution in [-0.2, 0) is 4.79 Å². The van der Waals surface area contributed by atoms with Crippen LogP contribution in [0.4, 0.5) is 0 Å². The van der Waals surface area contributed by atoms with Gasteiger partial charge in [-0.1, -0.05) is 13.8 Å². The maximum Gasteiger partial charge on any atom is 0.308 e. The summed E-state index contributed by atoms with van der Waals surface area (Å²) in [4.78, 5) is 23.5. The Labute approximate surface area is 143 Å². The molecule has 1 atom stereocenters. The van der Waals surface area contributed by atoms with Crippen LogP contribution in [0, 0.1) is 11.8 Å². The number of hydrogen-bond donors (Lipinski definition) is 2. The van der Waals surface area contributed by atoms with Crippen LogP contribution in [0.5, 0.6) is 11.5 Å². The minimum atomic E-state index is -0.901. The molecule has 1 unspecified atom stereocenters. The Balaban J connectivity index is 2.06. The standard InChI is InChI=1S/C16H20BrNO5/c1-9(2)5-11(16(20)21)8-18-15(19)10-6-12(17)14-13(7-10)22-3-4-23-14/h6-7,9,11H,3-5,8H2,1-2H3,(H,18,19)(H,20,21). The van der Waals surface area contributed by atoms with Crippen molar-refractivity contribution in [3.05, 3.63) is 22.2 Å². The predicted molar refractivity (Wildman–Crippen MR) is 88.0 cm³/mol. The Morgan fingerprint density at radius 1 is 1.30 bits per heavy atom. The normalized spacial score (nSPS) is 14.4. The number of nitrogens with one attached hydrogen (secondary N) is 1. The zero-order valence-corrected chi connectivity index (χ0v) is 14.7. The SMILES string of the molecule is CC(C)CC(CNC(=O)c1cc(Br)c2c(c1)OCCO2)C(=O)O. The van der Waals surface area contributed by atoms with Gasteiger partial charge in [0.25, 0.3) is 5.91 Å². The van der Waals surface area contributed by atoms with E-state index < -0.39 is 11.9 Å². The van der Waals surface area contributed by atoms with E-state index in [0.717, 1.165) is 0 Å². The molecule has 0 aliphatic carbocycles. The number of aliphatic carboxylic acids is 1. The van der Waals surface area contributed by atoms with Crippen LogP contribution in [0.1, 0.15) is 30.6 Å². The number of carbonyl (C=O) groups is 2. The number of carboxylic acid groups (broad SMARTS) is 1. The Kier molecular flexibility index (Phi) is 5.87. The molecule has 1 aliphatic heterocycles. The van der Waals surface area contributed by atoms with Gasteiger partial charge in [0, 0.05) is 12.1 Å². The average molecular weight is 386 g/mol. The maximum absolute atomic E-state index is 12.3. The van der Waals surface area contributed by atoms with E-state index in [2.05, 4.69) is 21.2 Å². The van der Waals surface area contributed by atoms with Gasteiger partial charge in [0.1, 0.15) is 13.2 Å². The molecule has 1 aromatic rings. The Bertz CT molecular complexity index is 602. The lowest BCUT2D eigenvalue weighted by Gasteiger charge is -2.20. The largest absolute Gasteiger partial charge is 0.486 e. The fourth-order valence-electron chi connectivity index (χ4n) is 2.40. The van der Waals surface area contributed by atoms with Gasteiger partial charge in [-0.05, 0) is 40.4 Å². The number of hydrogen-bond acceptors (Lipinski definition) is 4. The first-order valence-corrected chi connectivity index (χ1v) is 8.28. The number of ether oxygens (including phenoxy) is 2. The number of amides is 1. The first kappa shape index (κ1) is 17.6. The summed E-state index contributed by atoms with van der Waals surface area (Å²) in [6.45, 7) is 4.90. The van der Waals surface area contributed by atoms with Gasteiger partial charge in [0.05, 0.1) is 10.4 Å². The molecule has 0 radical (unpaired) electrons. The fraction of sp³-hybridized carbons (Fsp3) is 0.500. The molecule has 0 aromatic heterocycles. The minimum absolute atomic E-state index is 0.0956. The van der Waals surface area contributed by atoms with Crippen molar-refractivity contribution in [1.29, 1.82) is 0 Å². The van der Waals surface area contributed by atoms with Crippen LogP contribution in [0.25, 0.3) is 0 Å². The third-order valence-corrected chi connectivity index (χ3v) is 4.06. The smallest absolute Gasteiger partial charge is 0.308 e. The maximum atomic E-state index is 12.3. The highest BCUT2D eigenvalue weighted by molar-refractivity contribution is 9.10. The van der Waals surface area contributed by atoms with Gasteiger partial charge in [-0.15, -0.1) is 0 Å². The highest BCUT2D eigenvalue weighted by atomic mass is 79.9. The van der Waals surface area contributed by atoms with E-state index in [1.807, 2.05) is 13.8 Å². The molecule has 126 valence electrons. The highest BCUT2D eigenvalue weighted by Gasteiger charge is 2.22. The molecule has 0 saturated heterocycles. The second-order valence-electron chi connectivity index (χ2n) is 5.86. The minimum Gasteiger partial charge on any atom is -0.486 e. The summed E-state index contributed by atoms with van der Waals surface area (Å²) in [6.07, 6.45) is 0.514. The number of benzene rings is 1. The van der Waals surface area contributed by atoms with Crippen LogP contribution >= 0.6 is 15.9 Å². The summed E-state index contributed by atoms with van der Waals surface area (Å²) in [5, 5.41) is 11.9. The number of carbonyl (C=O) groups excluding carboxylic acids is 1. The van der Waals surface area contributed by atoms with Crippen LogP contribution < -0.4 is 14.8 Å². The third-order valence-electron chi connectivity index (χ3n) is 3.47. The van der Waals surface area contributed by atoms with E-state index in [1.54, 1.807) is 12.1 Å². The molecule has 0 bridgehead atoms. The van der Waals surface area contributed by atoms with Gasteiger partial charge in [-0.2, -0.15) is 0 Å². The van der Waals surface area contributed by atoms with E-state index in [-0.39, 0.29) is 18.4 Å². The van der Waals surface area contributed by atoms with Crippen molar-refractivity contribution in [2.24, 2.45) is 11.8 Å². The second kappa shape index (κ2) is 7.68. The monoisotopic (exact) mass is 385 g/mol. The molecule has 0 spiro atoms. The van der Waals surface area contributed by atoms with E-state index in [9.17, 15) is 14.7 Å². The molecule has 0 saturated carbocycles. The molecule has 6 nitrogen and oxygen atoms in total. The first-order chi connectivity index (χ1) is 10.9. The quantitative estimate of drug-likeness (QED) is 0.786. The van der Waals surface area contributed by atoms with Gasteiger partial charge in [0.15, 0.2) is 11.5 Å². The van der Waals surface area contributed by atoms with Crippen molar-refractivity contribution in [1.82, 2.24) is 5.32 Å². The molecule has 7 heteroatoms. The summed E-state index contributed by atoms with van der Waals surface area (Å²) in [6, 6.07) is 3.24. The lowest BCUT2D eigenvalue weighted by atomic mass is 9.97. The lowest BCUT2D eigenvalue weighted by Crippen LogP contribution is -2.33. The van der Waals surface area contributed by atoms with Crippen LogP contribution in [0.15, 0.2) is 16.6 Å². The molecule has 23 heavy (non-hydrogen) atoms. The molecule has 1 amide bonds. The number of rotatable bonds is 6. The molecule has 2 rings (SSSR count). The van der Waals surface area contributed by atoms with Gasteiger partial charge in [-0.25, -0.2) is 0 Å². The van der Waals surface area contributed by atoms with Gasteiger partial charge < -0.3 is 19.9 Å². The molecule has 0 fully saturated rings. The molecule has 2 N–H and O–H groups in total. The lowest BCUT2D eigenvalue weighted by molar-refractivity contribution is -0.142. The first-order valence-electron chi connectivity index (χ1n) is 7.48. The van der Waals surface area contributed by atoms with Crippen molar-refractivity contribution in [2.45, 2.75) is 20.3 Å². The molecular weight excluding hydrogens is 366 g/mol. The average Bonchev–Trinajstić information content (AvgIpc) is 2.50. The second-order valence-corrected chi connectivity index (χ2v) is 6.71. The van der Waals surface area contributed by atoms with E-state index in [1.165, 1.54) is 0 Å². The van der Waals surface area contributed by atoms with Crippen LogP contribution in [0.3, 0.4) is 0 Å². The Morgan fingerprint density at radius 2 is 2.00 bits per heavy atom. The third kappa shape index (κ3) is 4.60. The van der Waals surface area contributed by atoms with Crippen LogP contribution in [-0.4, -0.2) is 36.7 Å². The van der Waals surface area contributed by atoms with E-state index in [0.29, 0.717) is 41.2 Å². The zero-order chi connectivity index (χ0) is 17.0. The highest BCUT2D eigenvalue weighted by Crippen LogP contribution is 2.38. The van der Waals surface area contributed by atoms with Gasteiger partial charge >= 0.3 is 5.97 Å². The van der Waals surface area contributed by atoms with E-state index in [4.69, 9.17) is 9.47 Å². The van der Waals surface area contributed by atoms with Crippen molar-refractivity contribution in [3.63, 3.8) is 0 Å². The van der Waals surface area contributed by atoms with Gasteiger partial charge in [-0.3, -0.25) is 9.59 Å². The summed E-state index contributed by atoms with van der Waals surface area (Å²) in [5.41, 5.74) is 0.398. The molecule has 1 aromatic carbocycles. The number of carboxylic acids is 1. The number of halogens is 1. The summed E-state index contributed by atoms with van der Waals surface area (Å²) < 4.78 is 11.6. The van der Waals surface area contributed by atoms with Crippen molar-refractivity contribution >= 4 is 27.8 Å². The topological polar surface area (TPSA) is 84.9 Å². The molecular formula is C16H20BrNO5. The van der Waals surface area contributed by atoms with Crippen molar-refractivity contribution < 1.29 is 24.2 Å². The number of fused-ring (bicyclic) bond motifs is 1. The summed E-state index contributed by atoms with van der Waals surface area (Å²) in [5.74, 6) is -0.500.